The zero-order valence-corrected chi connectivity index (χ0v) is 8.17. The Morgan fingerprint density at radius 1 is 1.54 bits per heavy atom. The highest BCUT2D eigenvalue weighted by molar-refractivity contribution is 5.76. The van der Waals surface area contributed by atoms with E-state index in [2.05, 4.69) is 5.32 Å². The SMILES string of the molecule is CCC(=O)NC1CCN(C(C)=O)C1. The average molecular weight is 184 g/mol. The minimum atomic E-state index is 0.0652. The second-order valence-corrected chi connectivity index (χ2v) is 3.37. The van der Waals surface area contributed by atoms with Crippen molar-refractivity contribution in [2.24, 2.45) is 0 Å². The van der Waals surface area contributed by atoms with Gasteiger partial charge in [0.15, 0.2) is 0 Å². The zero-order chi connectivity index (χ0) is 9.84. The Balaban J connectivity index is 2.33. The molecule has 0 bridgehead atoms. The number of amides is 2. The smallest absolute Gasteiger partial charge is 0.219 e. The van der Waals surface area contributed by atoms with Gasteiger partial charge in [0.1, 0.15) is 0 Å². The summed E-state index contributed by atoms with van der Waals surface area (Å²) in [6.45, 7) is 4.82. The lowest BCUT2D eigenvalue weighted by Crippen LogP contribution is -2.37. The van der Waals surface area contributed by atoms with Crippen molar-refractivity contribution in [2.75, 3.05) is 13.1 Å². The summed E-state index contributed by atoms with van der Waals surface area (Å²) in [5.41, 5.74) is 0. The lowest BCUT2D eigenvalue weighted by molar-refractivity contribution is -0.128. The van der Waals surface area contributed by atoms with Crippen molar-refractivity contribution < 1.29 is 9.59 Å². The highest BCUT2D eigenvalue weighted by Gasteiger charge is 2.24. The molecule has 1 aliphatic heterocycles. The molecule has 1 heterocycles. The summed E-state index contributed by atoms with van der Waals surface area (Å²) in [6.07, 6.45) is 1.39. The van der Waals surface area contributed by atoms with E-state index in [1.54, 1.807) is 11.8 Å². The van der Waals surface area contributed by atoms with Gasteiger partial charge in [-0.1, -0.05) is 6.92 Å². The van der Waals surface area contributed by atoms with Crippen LogP contribution in [0.4, 0.5) is 0 Å². The summed E-state index contributed by atoms with van der Waals surface area (Å²) in [5.74, 6) is 0.156. The van der Waals surface area contributed by atoms with Gasteiger partial charge in [0.2, 0.25) is 11.8 Å². The zero-order valence-electron chi connectivity index (χ0n) is 8.17. The van der Waals surface area contributed by atoms with E-state index in [9.17, 15) is 9.59 Å². The van der Waals surface area contributed by atoms with Gasteiger partial charge in [-0.05, 0) is 6.42 Å². The molecule has 4 heteroatoms. The average Bonchev–Trinajstić information content (AvgIpc) is 2.52. The first-order chi connectivity index (χ1) is 6.13. The van der Waals surface area contributed by atoms with Gasteiger partial charge >= 0.3 is 0 Å². The number of nitrogens with zero attached hydrogens (tertiary/aromatic N) is 1. The fraction of sp³-hybridized carbons (Fsp3) is 0.778. The summed E-state index contributed by atoms with van der Waals surface area (Å²) >= 11 is 0. The molecular formula is C9H16N2O2. The Kier molecular flexibility index (Phi) is 3.28. The van der Waals surface area contributed by atoms with E-state index in [0.717, 1.165) is 13.0 Å². The van der Waals surface area contributed by atoms with Crippen LogP contribution in [0.3, 0.4) is 0 Å². The molecule has 1 atom stereocenters. The fourth-order valence-electron chi connectivity index (χ4n) is 1.49. The van der Waals surface area contributed by atoms with Gasteiger partial charge in [0.25, 0.3) is 0 Å². The van der Waals surface area contributed by atoms with Crippen LogP contribution in [0.1, 0.15) is 26.7 Å². The molecule has 0 aromatic carbocycles. The molecule has 1 fully saturated rings. The van der Waals surface area contributed by atoms with Crippen LogP contribution >= 0.6 is 0 Å². The van der Waals surface area contributed by atoms with E-state index >= 15 is 0 Å². The Morgan fingerprint density at radius 3 is 2.69 bits per heavy atom. The number of carbonyl (C=O) groups is 2. The summed E-state index contributed by atoms with van der Waals surface area (Å²) < 4.78 is 0. The van der Waals surface area contributed by atoms with E-state index in [-0.39, 0.29) is 17.9 Å². The van der Waals surface area contributed by atoms with E-state index < -0.39 is 0 Å². The monoisotopic (exact) mass is 184 g/mol. The topological polar surface area (TPSA) is 49.4 Å². The molecule has 0 spiro atoms. The molecule has 4 nitrogen and oxygen atoms in total. The van der Waals surface area contributed by atoms with Crippen molar-refractivity contribution in [1.82, 2.24) is 10.2 Å². The highest BCUT2D eigenvalue weighted by Crippen LogP contribution is 2.08. The molecular weight excluding hydrogens is 168 g/mol. The van der Waals surface area contributed by atoms with Gasteiger partial charge in [-0.15, -0.1) is 0 Å². The quantitative estimate of drug-likeness (QED) is 0.663. The summed E-state index contributed by atoms with van der Waals surface area (Å²) in [7, 11) is 0. The minimum absolute atomic E-state index is 0.0652. The number of nitrogens with one attached hydrogen (secondary N) is 1. The van der Waals surface area contributed by atoms with E-state index in [0.29, 0.717) is 13.0 Å². The molecule has 1 unspecified atom stereocenters. The predicted molar refractivity (Wildman–Crippen MR) is 49.1 cm³/mol. The van der Waals surface area contributed by atoms with Gasteiger partial charge in [0, 0.05) is 32.5 Å². The minimum Gasteiger partial charge on any atom is -0.352 e. The molecule has 13 heavy (non-hydrogen) atoms. The Bertz CT molecular complexity index is 216. The second kappa shape index (κ2) is 4.25. The molecule has 1 aliphatic rings. The third-order valence-electron chi connectivity index (χ3n) is 2.32. The van der Waals surface area contributed by atoms with Crippen LogP contribution < -0.4 is 5.32 Å². The molecule has 0 aromatic rings. The van der Waals surface area contributed by atoms with Gasteiger partial charge in [-0.25, -0.2) is 0 Å². The first kappa shape index (κ1) is 10.0. The molecule has 0 aliphatic carbocycles. The van der Waals surface area contributed by atoms with Crippen LogP contribution in [-0.4, -0.2) is 35.8 Å². The van der Waals surface area contributed by atoms with Crippen LogP contribution in [0, 0.1) is 0 Å². The maximum atomic E-state index is 11.0. The first-order valence-electron chi connectivity index (χ1n) is 4.68. The maximum absolute atomic E-state index is 11.0. The summed E-state index contributed by atoms with van der Waals surface area (Å²) in [6, 6.07) is 0.163. The summed E-state index contributed by atoms with van der Waals surface area (Å²) in [5, 5.41) is 2.88. The molecule has 0 saturated carbocycles. The lowest BCUT2D eigenvalue weighted by Gasteiger charge is -2.14. The number of carbonyl (C=O) groups excluding carboxylic acids is 2. The van der Waals surface area contributed by atoms with Crippen LogP contribution in [0.15, 0.2) is 0 Å². The number of rotatable bonds is 2. The number of hydrogen-bond acceptors (Lipinski definition) is 2. The number of likely N-dealkylation sites (tertiary alicyclic amines) is 1. The van der Waals surface area contributed by atoms with E-state index in [1.165, 1.54) is 0 Å². The fourth-order valence-corrected chi connectivity index (χ4v) is 1.49. The molecule has 1 rings (SSSR count). The third kappa shape index (κ3) is 2.72. The predicted octanol–water partition coefficient (Wildman–Crippen LogP) is 0.133. The largest absolute Gasteiger partial charge is 0.352 e. The second-order valence-electron chi connectivity index (χ2n) is 3.37. The van der Waals surface area contributed by atoms with Crippen LogP contribution in [0.5, 0.6) is 0 Å². The van der Waals surface area contributed by atoms with Crippen LogP contribution in [0.2, 0.25) is 0 Å². The Morgan fingerprint density at radius 2 is 2.23 bits per heavy atom. The van der Waals surface area contributed by atoms with Crippen molar-refractivity contribution in [3.63, 3.8) is 0 Å². The van der Waals surface area contributed by atoms with Gasteiger partial charge in [-0.2, -0.15) is 0 Å². The van der Waals surface area contributed by atoms with Crippen molar-refractivity contribution >= 4 is 11.8 Å². The van der Waals surface area contributed by atoms with Crippen LogP contribution in [-0.2, 0) is 9.59 Å². The van der Waals surface area contributed by atoms with Crippen molar-refractivity contribution in [2.45, 2.75) is 32.7 Å². The first-order valence-corrected chi connectivity index (χ1v) is 4.68. The van der Waals surface area contributed by atoms with Crippen molar-refractivity contribution in [1.29, 1.82) is 0 Å². The molecule has 1 saturated heterocycles. The molecule has 2 amide bonds. The van der Waals surface area contributed by atoms with Gasteiger partial charge in [-0.3, -0.25) is 9.59 Å². The maximum Gasteiger partial charge on any atom is 0.219 e. The van der Waals surface area contributed by atoms with Crippen LogP contribution in [0.25, 0.3) is 0 Å². The molecule has 0 radical (unpaired) electrons. The highest BCUT2D eigenvalue weighted by atomic mass is 16.2. The molecule has 0 aromatic heterocycles. The molecule has 74 valence electrons. The van der Waals surface area contributed by atoms with Crippen molar-refractivity contribution in [3.05, 3.63) is 0 Å². The van der Waals surface area contributed by atoms with E-state index in [1.807, 2.05) is 6.92 Å². The lowest BCUT2D eigenvalue weighted by atomic mass is 10.2. The summed E-state index contributed by atoms with van der Waals surface area (Å²) in [4.78, 5) is 23.8. The van der Waals surface area contributed by atoms with Gasteiger partial charge < -0.3 is 10.2 Å². The van der Waals surface area contributed by atoms with Crippen molar-refractivity contribution in [3.8, 4) is 0 Å². The number of hydrogen-bond donors (Lipinski definition) is 1. The standard InChI is InChI=1S/C9H16N2O2/c1-3-9(13)10-8-4-5-11(6-8)7(2)12/h8H,3-6H2,1-2H3,(H,10,13). The Labute approximate surface area is 78.3 Å². The third-order valence-corrected chi connectivity index (χ3v) is 2.32. The Hall–Kier alpha value is -1.06. The molecule has 1 N–H and O–H groups in total. The van der Waals surface area contributed by atoms with E-state index in [4.69, 9.17) is 0 Å². The van der Waals surface area contributed by atoms with Gasteiger partial charge in [0.05, 0.1) is 0 Å². The normalized spacial score (nSPS) is 21.7.